The Balaban J connectivity index is 3.10. The van der Waals surface area contributed by atoms with Crippen molar-refractivity contribution in [3.05, 3.63) is 44.9 Å². The molecule has 0 fully saturated rings. The third-order valence-corrected chi connectivity index (χ3v) is 2.92. The quantitative estimate of drug-likeness (QED) is 0.829. The molecular weight excluding hydrogens is 306 g/mol. The summed E-state index contributed by atoms with van der Waals surface area (Å²) in [6.45, 7) is 5.99. The standard InChI is InChI=1S/C11H13Br2N/c1-7(2)11(14-3)8-4-9(12)6-10(13)5-8/h4-6,11,14H,1H2,2-3H3. The summed E-state index contributed by atoms with van der Waals surface area (Å²) in [7, 11) is 1.94. The van der Waals surface area contributed by atoms with Gasteiger partial charge in [0.05, 0.1) is 6.04 Å². The van der Waals surface area contributed by atoms with Gasteiger partial charge in [-0.05, 0) is 37.7 Å². The van der Waals surface area contributed by atoms with Gasteiger partial charge in [-0.25, -0.2) is 0 Å². The minimum Gasteiger partial charge on any atom is -0.310 e. The van der Waals surface area contributed by atoms with E-state index in [4.69, 9.17) is 0 Å². The lowest BCUT2D eigenvalue weighted by Gasteiger charge is -2.17. The van der Waals surface area contributed by atoms with E-state index >= 15 is 0 Å². The lowest BCUT2D eigenvalue weighted by atomic mass is 10.0. The summed E-state index contributed by atoms with van der Waals surface area (Å²) in [5, 5.41) is 3.23. The molecule has 0 aliphatic rings. The van der Waals surface area contributed by atoms with Gasteiger partial charge in [0.25, 0.3) is 0 Å². The maximum absolute atomic E-state index is 3.97. The third-order valence-electron chi connectivity index (χ3n) is 2.00. The van der Waals surface area contributed by atoms with Gasteiger partial charge in [-0.15, -0.1) is 0 Å². The number of halogens is 2. The molecule has 0 bridgehead atoms. The van der Waals surface area contributed by atoms with Crippen molar-refractivity contribution in [2.75, 3.05) is 7.05 Å². The van der Waals surface area contributed by atoms with Crippen molar-refractivity contribution in [2.24, 2.45) is 0 Å². The Morgan fingerprint density at radius 1 is 1.29 bits per heavy atom. The molecule has 3 heteroatoms. The fourth-order valence-corrected chi connectivity index (χ4v) is 2.77. The van der Waals surface area contributed by atoms with Gasteiger partial charge in [0.15, 0.2) is 0 Å². The molecule has 0 aliphatic carbocycles. The zero-order chi connectivity index (χ0) is 10.7. The molecule has 0 aliphatic heterocycles. The van der Waals surface area contributed by atoms with Crippen LogP contribution in [0.1, 0.15) is 18.5 Å². The first-order valence-corrected chi connectivity index (χ1v) is 5.92. The Bertz CT molecular complexity index is 327. The van der Waals surface area contributed by atoms with Crippen molar-refractivity contribution in [3.63, 3.8) is 0 Å². The van der Waals surface area contributed by atoms with Gasteiger partial charge in [0.1, 0.15) is 0 Å². The van der Waals surface area contributed by atoms with Crippen LogP contribution in [0.2, 0.25) is 0 Å². The Morgan fingerprint density at radius 2 is 1.79 bits per heavy atom. The summed E-state index contributed by atoms with van der Waals surface area (Å²) in [6, 6.07) is 6.43. The highest BCUT2D eigenvalue weighted by Gasteiger charge is 2.10. The Kier molecular flexibility index (Phi) is 4.35. The Hall–Kier alpha value is -0.120. The van der Waals surface area contributed by atoms with Crippen molar-refractivity contribution in [3.8, 4) is 0 Å². The Morgan fingerprint density at radius 3 is 2.14 bits per heavy atom. The molecule has 1 rings (SSSR count). The highest BCUT2D eigenvalue weighted by atomic mass is 79.9. The molecule has 1 unspecified atom stereocenters. The number of nitrogens with one attached hydrogen (secondary N) is 1. The summed E-state index contributed by atoms with van der Waals surface area (Å²) >= 11 is 6.94. The molecule has 0 heterocycles. The molecule has 1 aromatic carbocycles. The molecule has 1 nitrogen and oxygen atoms in total. The fraction of sp³-hybridized carbons (Fsp3) is 0.273. The second-order valence-corrected chi connectivity index (χ2v) is 5.10. The molecule has 14 heavy (non-hydrogen) atoms. The van der Waals surface area contributed by atoms with Gasteiger partial charge in [-0.2, -0.15) is 0 Å². The van der Waals surface area contributed by atoms with E-state index in [1.54, 1.807) is 0 Å². The van der Waals surface area contributed by atoms with Crippen LogP contribution in [-0.4, -0.2) is 7.05 Å². The summed E-state index contributed by atoms with van der Waals surface area (Å²) in [4.78, 5) is 0. The molecule has 76 valence electrons. The summed E-state index contributed by atoms with van der Waals surface area (Å²) in [5.74, 6) is 0. The van der Waals surface area contributed by atoms with Crippen LogP contribution in [0.3, 0.4) is 0 Å². The Labute approximate surface area is 102 Å². The van der Waals surface area contributed by atoms with Gasteiger partial charge < -0.3 is 5.32 Å². The van der Waals surface area contributed by atoms with Crippen molar-refractivity contribution >= 4 is 31.9 Å². The molecule has 0 amide bonds. The zero-order valence-electron chi connectivity index (χ0n) is 8.27. The number of benzene rings is 1. The first kappa shape index (κ1) is 12.0. The third kappa shape index (κ3) is 2.94. The minimum absolute atomic E-state index is 0.212. The van der Waals surface area contributed by atoms with E-state index in [9.17, 15) is 0 Å². The van der Waals surface area contributed by atoms with Crippen LogP contribution in [0.5, 0.6) is 0 Å². The van der Waals surface area contributed by atoms with E-state index in [-0.39, 0.29) is 6.04 Å². The lowest BCUT2D eigenvalue weighted by molar-refractivity contribution is 0.679. The van der Waals surface area contributed by atoms with Crippen molar-refractivity contribution in [1.29, 1.82) is 0 Å². The predicted molar refractivity (Wildman–Crippen MR) is 68.5 cm³/mol. The first-order chi connectivity index (χ1) is 6.54. The number of hydrogen-bond donors (Lipinski definition) is 1. The van der Waals surface area contributed by atoms with Crippen LogP contribution >= 0.6 is 31.9 Å². The lowest BCUT2D eigenvalue weighted by Crippen LogP contribution is -2.16. The normalized spacial score (nSPS) is 12.6. The van der Waals surface area contributed by atoms with Crippen LogP contribution in [0.4, 0.5) is 0 Å². The van der Waals surface area contributed by atoms with E-state index in [0.29, 0.717) is 0 Å². The fourth-order valence-electron chi connectivity index (χ4n) is 1.44. The summed E-state index contributed by atoms with van der Waals surface area (Å²) in [5.41, 5.74) is 2.32. The van der Waals surface area contributed by atoms with Crippen LogP contribution in [0, 0.1) is 0 Å². The maximum Gasteiger partial charge on any atom is 0.0529 e. The van der Waals surface area contributed by atoms with Crippen molar-refractivity contribution in [1.82, 2.24) is 5.32 Å². The van der Waals surface area contributed by atoms with Crippen molar-refractivity contribution in [2.45, 2.75) is 13.0 Å². The van der Waals surface area contributed by atoms with Gasteiger partial charge in [0.2, 0.25) is 0 Å². The molecule has 0 radical (unpaired) electrons. The molecule has 1 aromatic rings. The van der Waals surface area contributed by atoms with Crippen molar-refractivity contribution < 1.29 is 0 Å². The smallest absolute Gasteiger partial charge is 0.0529 e. The molecular formula is C11H13Br2N. The SMILES string of the molecule is C=C(C)C(NC)c1cc(Br)cc(Br)c1. The van der Waals surface area contributed by atoms with E-state index in [1.165, 1.54) is 5.56 Å². The van der Waals surface area contributed by atoms with Gasteiger partial charge in [0, 0.05) is 8.95 Å². The zero-order valence-corrected chi connectivity index (χ0v) is 11.4. The number of hydrogen-bond acceptors (Lipinski definition) is 1. The van der Waals surface area contributed by atoms with E-state index in [1.807, 2.05) is 20.0 Å². The van der Waals surface area contributed by atoms with Crippen LogP contribution in [0.25, 0.3) is 0 Å². The summed E-state index contributed by atoms with van der Waals surface area (Å²) < 4.78 is 2.15. The van der Waals surface area contributed by atoms with E-state index in [0.717, 1.165) is 14.5 Å². The molecule has 0 spiro atoms. The molecule has 0 aromatic heterocycles. The van der Waals surface area contributed by atoms with E-state index < -0.39 is 0 Å². The number of rotatable bonds is 3. The predicted octanol–water partition coefficient (Wildman–Crippen LogP) is 4.05. The molecule has 0 saturated heterocycles. The van der Waals surface area contributed by atoms with Crippen LogP contribution in [-0.2, 0) is 0 Å². The second-order valence-electron chi connectivity index (χ2n) is 3.27. The molecule has 1 atom stereocenters. The summed E-state index contributed by atoms with van der Waals surface area (Å²) in [6.07, 6.45) is 0. The first-order valence-electron chi connectivity index (χ1n) is 4.33. The average Bonchev–Trinajstić information content (AvgIpc) is 2.02. The van der Waals surface area contributed by atoms with Crippen LogP contribution < -0.4 is 5.32 Å². The average molecular weight is 319 g/mol. The molecule has 0 saturated carbocycles. The van der Waals surface area contributed by atoms with Gasteiger partial charge in [-0.3, -0.25) is 0 Å². The highest BCUT2D eigenvalue weighted by Crippen LogP contribution is 2.26. The monoisotopic (exact) mass is 317 g/mol. The topological polar surface area (TPSA) is 12.0 Å². The maximum atomic E-state index is 3.97. The highest BCUT2D eigenvalue weighted by molar-refractivity contribution is 9.11. The second kappa shape index (κ2) is 5.10. The largest absolute Gasteiger partial charge is 0.310 e. The molecule has 1 N–H and O–H groups in total. The minimum atomic E-state index is 0.212. The van der Waals surface area contributed by atoms with Gasteiger partial charge >= 0.3 is 0 Å². The van der Waals surface area contributed by atoms with Crippen LogP contribution in [0.15, 0.2) is 39.3 Å². The van der Waals surface area contributed by atoms with Gasteiger partial charge in [-0.1, -0.05) is 44.0 Å². The number of likely N-dealkylation sites (N-methyl/N-ethyl adjacent to an activating group) is 1. The van der Waals surface area contributed by atoms with E-state index in [2.05, 4.69) is 55.9 Å².